The minimum absolute atomic E-state index is 0.103. The van der Waals surface area contributed by atoms with Gasteiger partial charge in [0, 0.05) is 18.9 Å². The molecule has 2 amide bonds. The van der Waals surface area contributed by atoms with Gasteiger partial charge >= 0.3 is 0 Å². The Hall–Kier alpha value is -3.22. The van der Waals surface area contributed by atoms with Crippen molar-refractivity contribution in [3.05, 3.63) is 65.9 Å². The Kier molecular flexibility index (Phi) is 4.93. The fourth-order valence-corrected chi connectivity index (χ4v) is 6.93. The summed E-state index contributed by atoms with van der Waals surface area (Å²) in [6.07, 6.45) is 11.3. The molecular weight excluding hydrogens is 414 g/mol. The number of carbonyl (C=O) groups is 2. The normalized spacial score (nSPS) is 27.6. The van der Waals surface area contributed by atoms with Crippen molar-refractivity contribution in [3.8, 4) is 0 Å². The van der Waals surface area contributed by atoms with Crippen LogP contribution in [0.5, 0.6) is 0 Å². The van der Waals surface area contributed by atoms with E-state index in [1.807, 2.05) is 30.3 Å². The molecule has 0 spiro atoms. The zero-order valence-corrected chi connectivity index (χ0v) is 18.7. The van der Waals surface area contributed by atoms with Gasteiger partial charge in [-0.05, 0) is 86.0 Å². The predicted molar refractivity (Wildman–Crippen MR) is 124 cm³/mol. The molecule has 4 bridgehead atoms. The number of rotatable bonds is 6. The minimum atomic E-state index is -0.288. The van der Waals surface area contributed by atoms with Crippen LogP contribution in [0.15, 0.2) is 48.8 Å². The van der Waals surface area contributed by atoms with Crippen LogP contribution in [0.4, 0.5) is 0 Å². The molecule has 4 fully saturated rings. The van der Waals surface area contributed by atoms with Crippen molar-refractivity contribution in [2.75, 3.05) is 6.54 Å². The maximum absolute atomic E-state index is 13.2. The first kappa shape index (κ1) is 20.4. The van der Waals surface area contributed by atoms with Gasteiger partial charge in [-0.2, -0.15) is 0 Å². The van der Waals surface area contributed by atoms with Crippen LogP contribution in [-0.4, -0.2) is 32.7 Å². The Bertz CT molecular complexity index is 1170. The summed E-state index contributed by atoms with van der Waals surface area (Å²) in [4.78, 5) is 34.5. The van der Waals surface area contributed by atoms with E-state index in [0.29, 0.717) is 17.9 Å². The molecule has 0 atom stereocenters. The maximum Gasteiger partial charge on any atom is 0.271 e. The number of nitrogens with zero attached hydrogens (tertiary/aromatic N) is 3. The quantitative estimate of drug-likeness (QED) is 0.609. The SMILES string of the molecule is O=C(NCc1ccccn1)c1cn2c(C(=O)NCC34CC5CC(CC(C5)C3)C4)cccc2n1. The molecule has 7 rings (SSSR count). The maximum atomic E-state index is 13.2. The first-order valence-corrected chi connectivity index (χ1v) is 12.0. The zero-order chi connectivity index (χ0) is 22.4. The van der Waals surface area contributed by atoms with Crippen molar-refractivity contribution in [3.63, 3.8) is 0 Å². The average molecular weight is 444 g/mol. The van der Waals surface area contributed by atoms with Gasteiger partial charge in [0.25, 0.3) is 11.8 Å². The summed E-state index contributed by atoms with van der Waals surface area (Å²) in [5.74, 6) is 2.19. The van der Waals surface area contributed by atoms with Crippen molar-refractivity contribution < 1.29 is 9.59 Å². The lowest BCUT2D eigenvalue weighted by molar-refractivity contribution is -0.0503. The molecule has 33 heavy (non-hydrogen) atoms. The molecule has 2 N–H and O–H groups in total. The van der Waals surface area contributed by atoms with Crippen LogP contribution in [0.25, 0.3) is 5.65 Å². The van der Waals surface area contributed by atoms with E-state index in [0.717, 1.165) is 30.0 Å². The van der Waals surface area contributed by atoms with E-state index in [1.165, 1.54) is 38.5 Å². The minimum Gasteiger partial charge on any atom is -0.350 e. The second-order valence-electron chi connectivity index (χ2n) is 10.4. The van der Waals surface area contributed by atoms with Gasteiger partial charge in [-0.15, -0.1) is 0 Å². The Morgan fingerprint density at radius 2 is 1.70 bits per heavy atom. The summed E-state index contributed by atoms with van der Waals surface area (Å²) in [5, 5.41) is 6.08. The Morgan fingerprint density at radius 1 is 0.939 bits per heavy atom. The van der Waals surface area contributed by atoms with Gasteiger partial charge in [0.05, 0.1) is 12.2 Å². The molecule has 4 aliphatic carbocycles. The van der Waals surface area contributed by atoms with Gasteiger partial charge in [-0.3, -0.25) is 19.0 Å². The molecule has 3 heterocycles. The second kappa shape index (κ2) is 7.97. The monoisotopic (exact) mass is 443 g/mol. The molecule has 7 nitrogen and oxygen atoms in total. The van der Waals surface area contributed by atoms with Crippen LogP contribution >= 0.6 is 0 Å². The summed E-state index contributed by atoms with van der Waals surface area (Å²) in [6.45, 7) is 1.07. The van der Waals surface area contributed by atoms with Gasteiger partial charge in [-0.1, -0.05) is 12.1 Å². The van der Waals surface area contributed by atoms with Crippen LogP contribution in [0.3, 0.4) is 0 Å². The lowest BCUT2D eigenvalue weighted by atomic mass is 9.49. The number of hydrogen-bond acceptors (Lipinski definition) is 4. The largest absolute Gasteiger partial charge is 0.350 e. The summed E-state index contributed by atoms with van der Waals surface area (Å²) >= 11 is 0. The number of aromatic nitrogens is 3. The highest BCUT2D eigenvalue weighted by molar-refractivity contribution is 5.95. The molecule has 0 unspecified atom stereocenters. The van der Waals surface area contributed by atoms with E-state index in [9.17, 15) is 9.59 Å². The predicted octanol–water partition coefficient (Wildman–Crippen LogP) is 3.61. The molecule has 4 saturated carbocycles. The summed E-state index contributed by atoms with van der Waals surface area (Å²) in [5.41, 5.74) is 2.43. The van der Waals surface area contributed by atoms with Crippen LogP contribution in [-0.2, 0) is 6.54 Å². The number of carbonyl (C=O) groups excluding carboxylic acids is 2. The summed E-state index contributed by atoms with van der Waals surface area (Å²) in [6, 6.07) is 11.0. The van der Waals surface area contributed by atoms with Gasteiger partial charge < -0.3 is 10.6 Å². The molecule has 3 aromatic rings. The standard InChI is InChI=1S/C26H29N5O2/c32-24(28-14-20-4-1-2-7-27-20)21-15-31-22(5-3-6-23(31)30-21)25(33)29-16-26-11-17-8-18(12-26)10-19(9-17)13-26/h1-7,15,17-19H,8-14,16H2,(H,28,32)(H,29,33). The number of amides is 2. The third kappa shape index (κ3) is 3.90. The molecule has 0 radical (unpaired) electrons. The Labute approximate surface area is 193 Å². The smallest absolute Gasteiger partial charge is 0.271 e. The second-order valence-corrected chi connectivity index (χ2v) is 10.4. The van der Waals surface area contributed by atoms with Crippen molar-refractivity contribution in [1.29, 1.82) is 0 Å². The van der Waals surface area contributed by atoms with E-state index in [4.69, 9.17) is 0 Å². The van der Waals surface area contributed by atoms with Crippen molar-refractivity contribution >= 4 is 17.5 Å². The van der Waals surface area contributed by atoms with E-state index in [-0.39, 0.29) is 22.9 Å². The van der Waals surface area contributed by atoms with Crippen LogP contribution in [0.2, 0.25) is 0 Å². The highest BCUT2D eigenvalue weighted by atomic mass is 16.2. The van der Waals surface area contributed by atoms with Gasteiger partial charge in [0.15, 0.2) is 0 Å². The first-order valence-electron chi connectivity index (χ1n) is 12.0. The lowest BCUT2D eigenvalue weighted by Crippen LogP contribution is -2.51. The summed E-state index contributed by atoms with van der Waals surface area (Å²) < 4.78 is 1.71. The van der Waals surface area contributed by atoms with E-state index >= 15 is 0 Å². The highest BCUT2D eigenvalue weighted by Crippen LogP contribution is 2.59. The molecule has 170 valence electrons. The van der Waals surface area contributed by atoms with Crippen LogP contribution < -0.4 is 10.6 Å². The van der Waals surface area contributed by atoms with Crippen molar-refractivity contribution in [2.24, 2.45) is 23.2 Å². The number of imidazole rings is 1. The first-order chi connectivity index (χ1) is 16.1. The Morgan fingerprint density at radius 3 is 2.39 bits per heavy atom. The molecule has 4 aliphatic rings. The fraction of sp³-hybridized carbons (Fsp3) is 0.462. The van der Waals surface area contributed by atoms with E-state index in [1.54, 1.807) is 22.9 Å². The number of hydrogen-bond donors (Lipinski definition) is 2. The molecule has 3 aromatic heterocycles. The number of fused-ring (bicyclic) bond motifs is 1. The van der Waals surface area contributed by atoms with Gasteiger partial charge in [-0.25, -0.2) is 4.98 Å². The average Bonchev–Trinajstić information content (AvgIpc) is 3.25. The van der Waals surface area contributed by atoms with Crippen molar-refractivity contribution in [1.82, 2.24) is 25.0 Å². The number of nitrogens with one attached hydrogen (secondary N) is 2. The van der Waals surface area contributed by atoms with E-state index < -0.39 is 0 Å². The molecule has 0 saturated heterocycles. The van der Waals surface area contributed by atoms with Crippen molar-refractivity contribution in [2.45, 2.75) is 45.1 Å². The van der Waals surface area contributed by atoms with Gasteiger partial charge in [0.2, 0.25) is 0 Å². The third-order valence-corrected chi connectivity index (χ3v) is 7.90. The third-order valence-electron chi connectivity index (χ3n) is 7.90. The zero-order valence-electron chi connectivity index (χ0n) is 18.7. The topological polar surface area (TPSA) is 88.4 Å². The van der Waals surface area contributed by atoms with Gasteiger partial charge in [0.1, 0.15) is 17.0 Å². The summed E-state index contributed by atoms with van der Waals surface area (Å²) in [7, 11) is 0. The molecule has 0 aromatic carbocycles. The lowest BCUT2D eigenvalue weighted by Gasteiger charge is -2.56. The number of pyridine rings is 2. The molecule has 0 aliphatic heterocycles. The Balaban J connectivity index is 1.16. The highest BCUT2D eigenvalue weighted by Gasteiger charge is 2.50. The van der Waals surface area contributed by atoms with Crippen LogP contribution in [0, 0.1) is 23.2 Å². The fourth-order valence-electron chi connectivity index (χ4n) is 6.93. The molecular formula is C26H29N5O2. The molecule has 7 heteroatoms. The van der Waals surface area contributed by atoms with Crippen LogP contribution in [0.1, 0.15) is 65.2 Å². The van der Waals surface area contributed by atoms with E-state index in [2.05, 4.69) is 20.6 Å².